The summed E-state index contributed by atoms with van der Waals surface area (Å²) < 4.78 is 2.04. The molecular formula is C18H21ClN4O2. The fraction of sp³-hybridized carbons (Fsp3) is 0.389. The molecule has 1 aromatic carbocycles. The van der Waals surface area contributed by atoms with E-state index in [1.165, 1.54) is 0 Å². The van der Waals surface area contributed by atoms with Gasteiger partial charge in [0.1, 0.15) is 11.7 Å². The number of imidazole rings is 1. The summed E-state index contributed by atoms with van der Waals surface area (Å²) in [6.45, 7) is 3.83. The lowest BCUT2D eigenvalue weighted by molar-refractivity contribution is -0.132. The van der Waals surface area contributed by atoms with Crippen molar-refractivity contribution in [1.82, 2.24) is 14.9 Å². The minimum Gasteiger partial charge on any atom is -0.355 e. The highest BCUT2D eigenvalue weighted by atomic mass is 35.5. The Balaban J connectivity index is 1.48. The minimum atomic E-state index is -0.606. The Labute approximate surface area is 151 Å². The van der Waals surface area contributed by atoms with Crippen LogP contribution >= 0.6 is 11.6 Å². The van der Waals surface area contributed by atoms with Crippen LogP contribution < -0.4 is 10.2 Å². The number of aromatic nitrogens is 2. The lowest BCUT2D eigenvalue weighted by Gasteiger charge is -2.17. The second-order valence-electron chi connectivity index (χ2n) is 6.12. The summed E-state index contributed by atoms with van der Waals surface area (Å²) in [6.07, 6.45) is 5.01. The number of anilines is 1. The van der Waals surface area contributed by atoms with Gasteiger partial charge in [0.15, 0.2) is 0 Å². The third kappa shape index (κ3) is 4.02. The number of nitrogens with zero attached hydrogens (tertiary/aromatic N) is 3. The first-order valence-corrected chi connectivity index (χ1v) is 8.76. The van der Waals surface area contributed by atoms with Gasteiger partial charge < -0.3 is 14.8 Å². The van der Waals surface area contributed by atoms with Crippen LogP contribution in [-0.2, 0) is 16.1 Å². The number of carbonyl (C=O) groups is 2. The van der Waals surface area contributed by atoms with Gasteiger partial charge in [0, 0.05) is 42.7 Å². The highest BCUT2D eigenvalue weighted by Crippen LogP contribution is 2.26. The van der Waals surface area contributed by atoms with E-state index in [4.69, 9.17) is 11.6 Å². The molecule has 25 heavy (non-hydrogen) atoms. The Morgan fingerprint density at radius 1 is 1.36 bits per heavy atom. The Kier molecular flexibility index (Phi) is 5.38. The van der Waals surface area contributed by atoms with E-state index in [0.29, 0.717) is 24.5 Å². The third-order valence-corrected chi connectivity index (χ3v) is 4.71. The van der Waals surface area contributed by atoms with Crippen LogP contribution in [-0.4, -0.2) is 34.5 Å². The van der Waals surface area contributed by atoms with E-state index >= 15 is 0 Å². The molecule has 1 saturated heterocycles. The van der Waals surface area contributed by atoms with Crippen molar-refractivity contribution in [2.45, 2.75) is 26.3 Å². The van der Waals surface area contributed by atoms with Crippen molar-refractivity contribution < 1.29 is 9.59 Å². The first kappa shape index (κ1) is 17.5. The van der Waals surface area contributed by atoms with E-state index in [0.717, 1.165) is 24.5 Å². The number of hydrogen-bond acceptors (Lipinski definition) is 3. The highest BCUT2D eigenvalue weighted by molar-refractivity contribution is 6.30. The van der Waals surface area contributed by atoms with Crippen molar-refractivity contribution in [2.24, 2.45) is 5.92 Å². The molecular weight excluding hydrogens is 340 g/mol. The van der Waals surface area contributed by atoms with Gasteiger partial charge in [-0.25, -0.2) is 4.98 Å². The Morgan fingerprint density at radius 2 is 2.12 bits per heavy atom. The zero-order valence-corrected chi connectivity index (χ0v) is 14.9. The van der Waals surface area contributed by atoms with Crippen LogP contribution in [0.2, 0.25) is 5.02 Å². The highest BCUT2D eigenvalue weighted by Gasteiger charge is 2.37. The van der Waals surface area contributed by atoms with Crippen LogP contribution in [0.15, 0.2) is 36.7 Å². The number of nitrogens with one attached hydrogen (secondary N) is 1. The molecule has 1 unspecified atom stereocenters. The van der Waals surface area contributed by atoms with Crippen LogP contribution in [0, 0.1) is 12.8 Å². The molecule has 2 amide bonds. The lowest BCUT2D eigenvalue weighted by atomic mass is 10.1. The van der Waals surface area contributed by atoms with Crippen molar-refractivity contribution in [3.63, 3.8) is 0 Å². The molecule has 1 aromatic heterocycles. The number of aryl methyl sites for hydroxylation is 2. The van der Waals surface area contributed by atoms with Crippen molar-refractivity contribution >= 4 is 29.1 Å². The molecule has 1 N–H and O–H groups in total. The van der Waals surface area contributed by atoms with Gasteiger partial charge in [-0.05, 0) is 44.0 Å². The number of hydrogen-bond donors (Lipinski definition) is 1. The molecule has 1 aliphatic rings. The number of rotatable bonds is 6. The molecule has 2 heterocycles. The maximum absolute atomic E-state index is 12.5. The van der Waals surface area contributed by atoms with Crippen molar-refractivity contribution in [3.8, 4) is 0 Å². The normalized spacial score (nSPS) is 17.1. The average molecular weight is 361 g/mol. The van der Waals surface area contributed by atoms with E-state index in [1.807, 2.05) is 17.7 Å². The molecule has 0 radical (unpaired) electrons. The summed E-state index contributed by atoms with van der Waals surface area (Å²) >= 11 is 5.88. The van der Waals surface area contributed by atoms with Gasteiger partial charge >= 0.3 is 0 Å². The van der Waals surface area contributed by atoms with Crippen molar-refractivity contribution in [2.75, 3.05) is 18.0 Å². The minimum absolute atomic E-state index is 0.148. The van der Waals surface area contributed by atoms with Gasteiger partial charge in [-0.2, -0.15) is 0 Å². The van der Waals surface area contributed by atoms with E-state index < -0.39 is 5.92 Å². The molecule has 6 nitrogen and oxygen atoms in total. The molecule has 0 saturated carbocycles. The summed E-state index contributed by atoms with van der Waals surface area (Å²) in [5.41, 5.74) is 0.778. The zero-order chi connectivity index (χ0) is 17.8. The first-order chi connectivity index (χ1) is 12.1. The molecule has 1 atom stereocenters. The number of carbonyl (C=O) groups excluding carboxylic acids is 2. The van der Waals surface area contributed by atoms with Crippen LogP contribution in [0.4, 0.5) is 5.69 Å². The maximum Gasteiger partial charge on any atom is 0.239 e. The molecule has 2 aromatic rings. The van der Waals surface area contributed by atoms with Gasteiger partial charge in [0.25, 0.3) is 0 Å². The van der Waals surface area contributed by atoms with Gasteiger partial charge in [-0.3, -0.25) is 9.59 Å². The van der Waals surface area contributed by atoms with Gasteiger partial charge in [0.05, 0.1) is 0 Å². The van der Waals surface area contributed by atoms with E-state index in [2.05, 4.69) is 10.3 Å². The van der Waals surface area contributed by atoms with E-state index in [1.54, 1.807) is 35.4 Å². The fourth-order valence-corrected chi connectivity index (χ4v) is 3.15. The van der Waals surface area contributed by atoms with Crippen LogP contribution in [0.5, 0.6) is 0 Å². The Hall–Kier alpha value is -2.34. The predicted octanol–water partition coefficient (Wildman–Crippen LogP) is 2.40. The predicted molar refractivity (Wildman–Crippen MR) is 96.5 cm³/mol. The van der Waals surface area contributed by atoms with Crippen LogP contribution in [0.25, 0.3) is 0 Å². The van der Waals surface area contributed by atoms with Gasteiger partial charge in [-0.15, -0.1) is 0 Å². The first-order valence-electron chi connectivity index (χ1n) is 8.38. The van der Waals surface area contributed by atoms with Crippen molar-refractivity contribution in [1.29, 1.82) is 0 Å². The quantitative estimate of drug-likeness (QED) is 0.635. The Bertz CT molecular complexity index is 757. The second kappa shape index (κ2) is 7.70. The lowest BCUT2D eigenvalue weighted by Crippen LogP contribution is -2.37. The zero-order valence-electron chi connectivity index (χ0n) is 14.1. The smallest absolute Gasteiger partial charge is 0.239 e. The largest absolute Gasteiger partial charge is 0.355 e. The number of amides is 2. The number of halogens is 1. The number of benzene rings is 1. The molecule has 1 fully saturated rings. The molecule has 0 bridgehead atoms. The van der Waals surface area contributed by atoms with E-state index in [-0.39, 0.29) is 11.8 Å². The van der Waals surface area contributed by atoms with Gasteiger partial charge in [-0.1, -0.05) is 11.6 Å². The van der Waals surface area contributed by atoms with Crippen LogP contribution in [0.3, 0.4) is 0 Å². The molecule has 3 rings (SSSR count). The fourth-order valence-electron chi connectivity index (χ4n) is 3.02. The SMILES string of the molecule is Cc1nccn1CCCNC(=O)C1CCN(c2ccc(Cl)cc2)C1=O. The Morgan fingerprint density at radius 3 is 2.80 bits per heavy atom. The van der Waals surface area contributed by atoms with Crippen LogP contribution in [0.1, 0.15) is 18.7 Å². The van der Waals surface area contributed by atoms with E-state index in [9.17, 15) is 9.59 Å². The standard InChI is InChI=1S/C18H21ClN4O2/c1-13-20-9-12-22(13)10-2-8-21-17(24)16-7-11-23(18(16)25)15-5-3-14(19)4-6-15/h3-6,9,12,16H,2,7-8,10-11H2,1H3,(H,21,24). The topological polar surface area (TPSA) is 67.2 Å². The molecule has 132 valence electrons. The average Bonchev–Trinajstić information content (AvgIpc) is 3.18. The summed E-state index contributed by atoms with van der Waals surface area (Å²) in [7, 11) is 0. The second-order valence-corrected chi connectivity index (χ2v) is 6.56. The summed E-state index contributed by atoms with van der Waals surface area (Å²) in [4.78, 5) is 30.6. The third-order valence-electron chi connectivity index (χ3n) is 4.46. The maximum atomic E-state index is 12.5. The van der Waals surface area contributed by atoms with Gasteiger partial charge in [0.2, 0.25) is 11.8 Å². The molecule has 7 heteroatoms. The summed E-state index contributed by atoms with van der Waals surface area (Å²) in [6, 6.07) is 7.09. The van der Waals surface area contributed by atoms with Crippen molar-refractivity contribution in [3.05, 3.63) is 47.5 Å². The molecule has 0 aliphatic carbocycles. The summed E-state index contributed by atoms with van der Waals surface area (Å²) in [5.74, 6) is 0.00987. The molecule has 0 spiro atoms. The monoisotopic (exact) mass is 360 g/mol. The summed E-state index contributed by atoms with van der Waals surface area (Å²) in [5, 5.41) is 3.50. The molecule has 1 aliphatic heterocycles.